The first-order valence-corrected chi connectivity index (χ1v) is 6.98. The first kappa shape index (κ1) is 13.9. The van der Waals surface area contributed by atoms with Crippen molar-refractivity contribution >= 4 is 33.5 Å². The van der Waals surface area contributed by atoms with Crippen LogP contribution in [0.5, 0.6) is 0 Å². The summed E-state index contributed by atoms with van der Waals surface area (Å²) >= 11 is 3.34. The van der Waals surface area contributed by atoms with Crippen molar-refractivity contribution in [3.8, 4) is 0 Å². The lowest BCUT2D eigenvalue weighted by molar-refractivity contribution is 0.105. The van der Waals surface area contributed by atoms with E-state index in [2.05, 4.69) is 25.8 Å². The zero-order chi connectivity index (χ0) is 13.8. The number of piperazine rings is 1. The van der Waals surface area contributed by atoms with Crippen LogP contribution in [0.1, 0.15) is 6.92 Å². The van der Waals surface area contributed by atoms with E-state index in [1.54, 1.807) is 18.0 Å². The van der Waals surface area contributed by atoms with Gasteiger partial charge in [-0.25, -0.2) is 9.78 Å². The van der Waals surface area contributed by atoms with Crippen molar-refractivity contribution in [3.05, 3.63) is 16.7 Å². The highest BCUT2D eigenvalue weighted by Crippen LogP contribution is 2.24. The Balaban J connectivity index is 1.98. The summed E-state index contributed by atoms with van der Waals surface area (Å²) in [5, 5.41) is 0. The van der Waals surface area contributed by atoms with Gasteiger partial charge in [0.05, 0.1) is 12.3 Å². The van der Waals surface area contributed by atoms with Crippen LogP contribution >= 0.6 is 15.9 Å². The molecule has 1 fully saturated rings. The van der Waals surface area contributed by atoms with Crippen LogP contribution in [0.2, 0.25) is 0 Å². The van der Waals surface area contributed by atoms with Gasteiger partial charge < -0.3 is 20.3 Å². The van der Waals surface area contributed by atoms with Crippen molar-refractivity contribution in [2.75, 3.05) is 43.4 Å². The number of aromatic nitrogens is 1. The van der Waals surface area contributed by atoms with Gasteiger partial charge >= 0.3 is 6.09 Å². The Bertz CT molecular complexity index is 461. The Labute approximate surface area is 120 Å². The number of ether oxygens (including phenoxy) is 1. The van der Waals surface area contributed by atoms with E-state index >= 15 is 0 Å². The maximum absolute atomic E-state index is 11.6. The van der Waals surface area contributed by atoms with Crippen molar-refractivity contribution in [1.82, 2.24) is 9.88 Å². The number of nitrogens with zero attached hydrogens (tertiary/aromatic N) is 3. The number of hydrogen-bond acceptors (Lipinski definition) is 5. The van der Waals surface area contributed by atoms with Gasteiger partial charge in [0.15, 0.2) is 5.82 Å². The summed E-state index contributed by atoms with van der Waals surface area (Å²) in [4.78, 5) is 19.7. The van der Waals surface area contributed by atoms with E-state index in [0.29, 0.717) is 38.5 Å². The molecule has 2 N–H and O–H groups in total. The molecule has 0 unspecified atom stereocenters. The predicted octanol–water partition coefficient (Wildman–Crippen LogP) is 1.70. The average molecular weight is 329 g/mol. The van der Waals surface area contributed by atoms with E-state index in [1.165, 1.54) is 0 Å². The number of nitrogen functional groups attached to an aromatic ring is 1. The molecule has 6 nitrogen and oxygen atoms in total. The number of halogens is 1. The van der Waals surface area contributed by atoms with E-state index in [-0.39, 0.29) is 6.09 Å². The van der Waals surface area contributed by atoms with Crippen LogP contribution in [-0.2, 0) is 4.74 Å². The smallest absolute Gasteiger partial charge is 0.409 e. The zero-order valence-corrected chi connectivity index (χ0v) is 12.4. The first-order chi connectivity index (χ1) is 9.11. The molecule has 1 saturated heterocycles. The van der Waals surface area contributed by atoms with Crippen LogP contribution in [0.25, 0.3) is 0 Å². The van der Waals surface area contributed by atoms with E-state index in [0.717, 1.165) is 10.3 Å². The second kappa shape index (κ2) is 6.10. The number of rotatable bonds is 2. The van der Waals surface area contributed by atoms with E-state index in [1.807, 2.05) is 6.07 Å². The molecule has 104 valence electrons. The Hall–Kier alpha value is -1.50. The average Bonchev–Trinajstić information content (AvgIpc) is 2.39. The maximum atomic E-state index is 11.6. The van der Waals surface area contributed by atoms with Crippen LogP contribution < -0.4 is 10.6 Å². The van der Waals surface area contributed by atoms with Crippen molar-refractivity contribution in [2.45, 2.75) is 6.92 Å². The molecule has 1 aromatic heterocycles. The van der Waals surface area contributed by atoms with Crippen LogP contribution in [0.15, 0.2) is 16.7 Å². The number of amides is 1. The molecule has 2 rings (SSSR count). The zero-order valence-electron chi connectivity index (χ0n) is 10.8. The van der Waals surface area contributed by atoms with Gasteiger partial charge in [-0.2, -0.15) is 0 Å². The number of nitrogens with two attached hydrogens (primary N) is 1. The summed E-state index contributed by atoms with van der Waals surface area (Å²) in [5.41, 5.74) is 6.59. The Morgan fingerprint density at radius 2 is 2.16 bits per heavy atom. The van der Waals surface area contributed by atoms with Gasteiger partial charge in [0.2, 0.25) is 0 Å². The molecule has 19 heavy (non-hydrogen) atoms. The van der Waals surface area contributed by atoms with Gasteiger partial charge in [0.1, 0.15) is 0 Å². The molecule has 0 aliphatic carbocycles. The molecular weight excluding hydrogens is 312 g/mol. The molecular formula is C12H17BrN4O2. The third-order valence-electron chi connectivity index (χ3n) is 2.97. The molecule has 2 heterocycles. The molecule has 1 aliphatic heterocycles. The van der Waals surface area contributed by atoms with E-state index in [9.17, 15) is 4.79 Å². The molecule has 0 aromatic carbocycles. The topological polar surface area (TPSA) is 71.7 Å². The van der Waals surface area contributed by atoms with Gasteiger partial charge in [-0.1, -0.05) is 0 Å². The fourth-order valence-electron chi connectivity index (χ4n) is 2.03. The van der Waals surface area contributed by atoms with E-state index in [4.69, 9.17) is 10.5 Å². The fraction of sp³-hybridized carbons (Fsp3) is 0.500. The molecule has 1 amide bonds. The van der Waals surface area contributed by atoms with E-state index < -0.39 is 0 Å². The van der Waals surface area contributed by atoms with Gasteiger partial charge in [-0.15, -0.1) is 0 Å². The molecule has 0 radical (unpaired) electrons. The summed E-state index contributed by atoms with van der Waals surface area (Å²) in [7, 11) is 0. The predicted molar refractivity (Wildman–Crippen MR) is 77.2 cm³/mol. The van der Waals surface area contributed by atoms with Crippen LogP contribution in [-0.4, -0.2) is 48.8 Å². The second-order valence-corrected chi connectivity index (χ2v) is 5.16. The number of carbonyl (C=O) groups is 1. The summed E-state index contributed by atoms with van der Waals surface area (Å²) in [5.74, 6) is 0.770. The van der Waals surface area contributed by atoms with Crippen molar-refractivity contribution in [2.24, 2.45) is 0 Å². The maximum Gasteiger partial charge on any atom is 0.409 e. The minimum absolute atomic E-state index is 0.251. The lowest BCUT2D eigenvalue weighted by atomic mass is 10.3. The Morgan fingerprint density at radius 3 is 2.74 bits per heavy atom. The van der Waals surface area contributed by atoms with Crippen molar-refractivity contribution in [3.63, 3.8) is 0 Å². The number of hydrogen-bond donors (Lipinski definition) is 1. The van der Waals surface area contributed by atoms with Crippen molar-refractivity contribution in [1.29, 1.82) is 0 Å². The number of pyridine rings is 1. The normalized spacial score (nSPS) is 15.5. The third-order valence-corrected chi connectivity index (χ3v) is 3.40. The molecule has 0 atom stereocenters. The SMILES string of the molecule is CCOC(=O)N1CCN(c2ncc(Br)cc2N)CC1. The summed E-state index contributed by atoms with van der Waals surface area (Å²) < 4.78 is 5.84. The Morgan fingerprint density at radius 1 is 1.47 bits per heavy atom. The van der Waals surface area contributed by atoms with Crippen molar-refractivity contribution < 1.29 is 9.53 Å². The van der Waals surface area contributed by atoms with Gasteiger partial charge in [-0.3, -0.25) is 0 Å². The van der Waals surface area contributed by atoms with Gasteiger partial charge in [0.25, 0.3) is 0 Å². The highest BCUT2D eigenvalue weighted by molar-refractivity contribution is 9.10. The highest BCUT2D eigenvalue weighted by atomic mass is 79.9. The monoisotopic (exact) mass is 328 g/mol. The summed E-state index contributed by atoms with van der Waals surface area (Å²) in [6.07, 6.45) is 1.47. The van der Waals surface area contributed by atoms with Gasteiger partial charge in [-0.05, 0) is 28.9 Å². The lowest BCUT2D eigenvalue weighted by Gasteiger charge is -2.35. The van der Waals surface area contributed by atoms with Crippen LogP contribution in [0.4, 0.5) is 16.3 Å². The molecule has 1 aromatic rings. The Kier molecular flexibility index (Phi) is 4.47. The molecule has 1 aliphatic rings. The van der Waals surface area contributed by atoms with Gasteiger partial charge in [0, 0.05) is 36.8 Å². The summed E-state index contributed by atoms with van der Waals surface area (Å²) in [6.45, 7) is 4.86. The lowest BCUT2D eigenvalue weighted by Crippen LogP contribution is -2.49. The molecule has 0 bridgehead atoms. The quantitative estimate of drug-likeness (QED) is 0.894. The standard InChI is InChI=1S/C12H17BrN4O2/c1-2-19-12(18)17-5-3-16(4-6-17)11-10(14)7-9(13)8-15-11/h7-8H,2-6,14H2,1H3. The second-order valence-electron chi connectivity index (χ2n) is 4.24. The molecule has 0 spiro atoms. The summed E-state index contributed by atoms with van der Waals surface area (Å²) in [6, 6.07) is 1.83. The number of carbonyl (C=O) groups excluding carboxylic acids is 1. The number of anilines is 2. The minimum atomic E-state index is -0.251. The van der Waals surface area contributed by atoms with Crippen LogP contribution in [0.3, 0.4) is 0 Å². The first-order valence-electron chi connectivity index (χ1n) is 6.19. The molecule has 0 saturated carbocycles. The third kappa shape index (κ3) is 3.28. The fourth-order valence-corrected chi connectivity index (χ4v) is 2.38. The largest absolute Gasteiger partial charge is 0.450 e. The minimum Gasteiger partial charge on any atom is -0.450 e. The molecule has 7 heteroatoms. The van der Waals surface area contributed by atoms with Crippen LogP contribution in [0, 0.1) is 0 Å². The highest BCUT2D eigenvalue weighted by Gasteiger charge is 2.23.